The molecular weight excluding hydrogens is 262 g/mol. The van der Waals surface area contributed by atoms with E-state index in [4.69, 9.17) is 0 Å². The molecule has 6 heteroatoms. The van der Waals surface area contributed by atoms with Crippen molar-refractivity contribution in [3.63, 3.8) is 0 Å². The quantitative estimate of drug-likeness (QED) is 0.802. The minimum Gasteiger partial charge on any atom is -0.319 e. The molecule has 0 aromatic carbocycles. The second kappa shape index (κ2) is 6.52. The zero-order valence-electron chi connectivity index (χ0n) is 12.9. The first kappa shape index (κ1) is 16.9. The molecule has 0 spiro atoms. The first-order chi connectivity index (χ1) is 8.75. The minimum absolute atomic E-state index is 0.339. The minimum atomic E-state index is -3.34. The molecule has 0 radical (unpaired) electrons. The van der Waals surface area contributed by atoms with Gasteiger partial charge in [-0.05, 0) is 52.6 Å². The molecule has 0 aromatic heterocycles. The van der Waals surface area contributed by atoms with Crippen LogP contribution in [0.25, 0.3) is 0 Å². The molecule has 1 rings (SSSR count). The summed E-state index contributed by atoms with van der Waals surface area (Å²) < 4.78 is 28.5. The molecule has 0 saturated carbocycles. The van der Waals surface area contributed by atoms with Crippen molar-refractivity contribution in [1.82, 2.24) is 13.9 Å². The highest BCUT2D eigenvalue weighted by Crippen LogP contribution is 2.26. The van der Waals surface area contributed by atoms with Crippen LogP contribution in [0.15, 0.2) is 0 Å². The average Bonchev–Trinajstić information content (AvgIpc) is 2.38. The maximum Gasteiger partial charge on any atom is 0.282 e. The van der Waals surface area contributed by atoms with Crippen LogP contribution in [-0.4, -0.2) is 56.3 Å². The molecule has 1 N–H and O–H groups in total. The van der Waals surface area contributed by atoms with Crippen LogP contribution in [0.2, 0.25) is 0 Å². The molecule has 1 fully saturated rings. The van der Waals surface area contributed by atoms with Gasteiger partial charge in [0, 0.05) is 25.7 Å². The van der Waals surface area contributed by atoms with Crippen LogP contribution in [0.5, 0.6) is 0 Å². The van der Waals surface area contributed by atoms with Gasteiger partial charge in [-0.3, -0.25) is 0 Å². The summed E-state index contributed by atoms with van der Waals surface area (Å²) in [5, 5.41) is 3.14. The van der Waals surface area contributed by atoms with Gasteiger partial charge in [0.25, 0.3) is 10.2 Å². The third kappa shape index (κ3) is 3.90. The lowest BCUT2D eigenvalue weighted by atomic mass is 10.00. The first-order valence-corrected chi connectivity index (χ1v) is 8.54. The predicted molar refractivity (Wildman–Crippen MR) is 79.3 cm³/mol. The molecule has 1 atom stereocenters. The van der Waals surface area contributed by atoms with Gasteiger partial charge in [0.1, 0.15) is 0 Å². The fourth-order valence-electron chi connectivity index (χ4n) is 2.40. The van der Waals surface area contributed by atoms with E-state index in [9.17, 15) is 8.42 Å². The molecule has 1 unspecified atom stereocenters. The number of nitrogens with one attached hydrogen (secondary N) is 1. The van der Waals surface area contributed by atoms with Crippen LogP contribution in [0.1, 0.15) is 40.0 Å². The van der Waals surface area contributed by atoms with Gasteiger partial charge < -0.3 is 5.32 Å². The number of hydrogen-bond acceptors (Lipinski definition) is 3. The van der Waals surface area contributed by atoms with Gasteiger partial charge in [-0.15, -0.1) is 0 Å². The van der Waals surface area contributed by atoms with Gasteiger partial charge in [0.05, 0.1) is 0 Å². The van der Waals surface area contributed by atoms with Gasteiger partial charge in [-0.2, -0.15) is 17.0 Å². The van der Waals surface area contributed by atoms with Gasteiger partial charge in [0.2, 0.25) is 0 Å². The van der Waals surface area contributed by atoms with Crippen molar-refractivity contribution in [2.24, 2.45) is 5.92 Å². The second-order valence-corrected chi connectivity index (χ2v) is 8.02. The maximum atomic E-state index is 12.7. The van der Waals surface area contributed by atoms with Gasteiger partial charge in [-0.25, -0.2) is 0 Å². The summed E-state index contributed by atoms with van der Waals surface area (Å²) >= 11 is 0. The smallest absolute Gasteiger partial charge is 0.282 e. The van der Waals surface area contributed by atoms with E-state index < -0.39 is 10.2 Å². The number of hydrogen-bond donors (Lipinski definition) is 1. The molecule has 0 bridgehead atoms. The van der Waals surface area contributed by atoms with E-state index in [0.717, 1.165) is 25.8 Å². The van der Waals surface area contributed by atoms with Crippen LogP contribution < -0.4 is 5.32 Å². The van der Waals surface area contributed by atoms with Crippen LogP contribution in [-0.2, 0) is 10.2 Å². The van der Waals surface area contributed by atoms with Crippen LogP contribution in [0.4, 0.5) is 0 Å². The summed E-state index contributed by atoms with van der Waals surface area (Å²) in [5.41, 5.74) is -0.339. The van der Waals surface area contributed by atoms with Crippen molar-refractivity contribution < 1.29 is 8.42 Å². The molecule has 1 aliphatic heterocycles. The molecular formula is C13H29N3O2S. The summed E-state index contributed by atoms with van der Waals surface area (Å²) in [5.74, 6) is 0.423. The Hall–Kier alpha value is -0.170. The highest BCUT2D eigenvalue weighted by Gasteiger charge is 2.37. The van der Waals surface area contributed by atoms with Crippen molar-refractivity contribution in [2.45, 2.75) is 45.6 Å². The predicted octanol–water partition coefficient (Wildman–Crippen LogP) is 1.28. The molecule has 0 amide bonds. The van der Waals surface area contributed by atoms with E-state index in [1.807, 2.05) is 27.8 Å². The Morgan fingerprint density at radius 1 is 1.42 bits per heavy atom. The van der Waals surface area contributed by atoms with E-state index in [-0.39, 0.29) is 5.54 Å². The van der Waals surface area contributed by atoms with Crippen molar-refractivity contribution in [3.05, 3.63) is 0 Å². The Morgan fingerprint density at radius 2 is 2.05 bits per heavy atom. The fraction of sp³-hybridized carbons (Fsp3) is 1.00. The lowest BCUT2D eigenvalue weighted by Gasteiger charge is -2.40. The normalized spacial score (nSPS) is 22.9. The van der Waals surface area contributed by atoms with Crippen LogP contribution >= 0.6 is 0 Å². The summed E-state index contributed by atoms with van der Waals surface area (Å²) in [6, 6.07) is 0. The van der Waals surface area contributed by atoms with Crippen molar-refractivity contribution >= 4 is 10.2 Å². The Balaban J connectivity index is 2.82. The lowest BCUT2D eigenvalue weighted by molar-refractivity contribution is 0.207. The van der Waals surface area contributed by atoms with E-state index in [1.165, 1.54) is 4.31 Å². The first-order valence-electron chi connectivity index (χ1n) is 7.14. The lowest BCUT2D eigenvalue weighted by Crippen LogP contribution is -2.53. The van der Waals surface area contributed by atoms with Crippen LogP contribution in [0, 0.1) is 5.92 Å². The highest BCUT2D eigenvalue weighted by atomic mass is 32.2. The molecule has 1 heterocycles. The summed E-state index contributed by atoms with van der Waals surface area (Å²) in [6.45, 7) is 8.12. The number of nitrogens with zero attached hydrogens (tertiary/aromatic N) is 2. The Bertz CT molecular complexity index is 379. The molecule has 19 heavy (non-hydrogen) atoms. The third-order valence-corrected chi connectivity index (χ3v) is 6.54. The Kier molecular flexibility index (Phi) is 5.79. The molecule has 0 aromatic rings. The second-order valence-electron chi connectivity index (χ2n) is 6.07. The maximum absolute atomic E-state index is 12.7. The number of piperidine rings is 1. The van der Waals surface area contributed by atoms with Crippen molar-refractivity contribution in [2.75, 3.05) is 33.7 Å². The molecule has 5 nitrogen and oxygen atoms in total. The zero-order valence-corrected chi connectivity index (χ0v) is 13.8. The summed E-state index contributed by atoms with van der Waals surface area (Å²) in [7, 11) is 0.267. The standard InChI is InChI=1S/C13H29N3O2S/c1-6-13(2,3)15(5)19(17,18)16-9-7-8-12(11-16)10-14-4/h12,14H,6-11H2,1-5H3. The molecule has 1 saturated heterocycles. The van der Waals surface area contributed by atoms with Crippen molar-refractivity contribution in [1.29, 1.82) is 0 Å². The van der Waals surface area contributed by atoms with Gasteiger partial charge >= 0.3 is 0 Å². The molecule has 0 aliphatic carbocycles. The highest BCUT2D eigenvalue weighted by molar-refractivity contribution is 7.86. The van der Waals surface area contributed by atoms with E-state index in [1.54, 1.807) is 11.4 Å². The molecule has 1 aliphatic rings. The SMILES string of the molecule is CCC(C)(C)N(C)S(=O)(=O)N1CCCC(CNC)C1. The zero-order chi connectivity index (χ0) is 14.7. The Morgan fingerprint density at radius 3 is 2.58 bits per heavy atom. The van der Waals surface area contributed by atoms with E-state index >= 15 is 0 Å². The fourth-order valence-corrected chi connectivity index (χ4v) is 4.26. The summed E-state index contributed by atoms with van der Waals surface area (Å²) in [6.07, 6.45) is 2.86. The van der Waals surface area contributed by atoms with Gasteiger partial charge in [0.15, 0.2) is 0 Å². The van der Waals surface area contributed by atoms with Crippen molar-refractivity contribution in [3.8, 4) is 0 Å². The van der Waals surface area contributed by atoms with Gasteiger partial charge in [-0.1, -0.05) is 6.92 Å². The Labute approximate surface area is 118 Å². The number of rotatable bonds is 6. The van der Waals surface area contributed by atoms with Crippen LogP contribution in [0.3, 0.4) is 0 Å². The van der Waals surface area contributed by atoms with E-state index in [2.05, 4.69) is 5.32 Å². The average molecular weight is 291 g/mol. The summed E-state index contributed by atoms with van der Waals surface area (Å²) in [4.78, 5) is 0. The topological polar surface area (TPSA) is 52.7 Å². The monoisotopic (exact) mass is 291 g/mol. The largest absolute Gasteiger partial charge is 0.319 e. The third-order valence-electron chi connectivity index (χ3n) is 4.36. The molecule has 114 valence electrons. The van der Waals surface area contributed by atoms with E-state index in [0.29, 0.717) is 19.0 Å².